The van der Waals surface area contributed by atoms with Crippen LogP contribution in [0.5, 0.6) is 0 Å². The van der Waals surface area contributed by atoms with Gasteiger partial charge in [0, 0.05) is 36.9 Å². The Kier molecular flexibility index (Phi) is 5.52. The summed E-state index contributed by atoms with van der Waals surface area (Å²) in [7, 11) is 1.62. The topological polar surface area (TPSA) is 71.0 Å². The third-order valence-corrected chi connectivity index (χ3v) is 5.08. The molecule has 1 saturated heterocycles. The molecule has 0 radical (unpaired) electrons. The number of carbonyl (C=O) groups is 1. The lowest BCUT2D eigenvalue weighted by Crippen LogP contribution is -2.35. The first kappa shape index (κ1) is 17.0. The number of thiazole rings is 1. The van der Waals surface area contributed by atoms with Crippen LogP contribution in [0.3, 0.4) is 0 Å². The Hall–Kier alpha value is -1.86. The van der Waals surface area contributed by atoms with Crippen molar-refractivity contribution in [3.8, 4) is 0 Å². The quantitative estimate of drug-likeness (QED) is 0.898. The molecule has 1 aliphatic heterocycles. The molecule has 0 saturated carbocycles. The molecule has 7 heteroatoms. The molecule has 128 valence electrons. The maximum Gasteiger partial charge on any atom is 0.269 e. The molecule has 24 heavy (non-hydrogen) atoms. The van der Waals surface area contributed by atoms with Gasteiger partial charge in [0.25, 0.3) is 5.91 Å². The van der Waals surface area contributed by atoms with Crippen LogP contribution < -0.4 is 5.32 Å². The number of hydrogen-bond acceptors (Lipinski definition) is 6. The minimum Gasteiger partial charge on any atom is -0.354 e. The summed E-state index contributed by atoms with van der Waals surface area (Å²) >= 11 is 1.71. The highest BCUT2D eigenvalue weighted by Crippen LogP contribution is 2.22. The monoisotopic (exact) mass is 345 g/mol. The van der Waals surface area contributed by atoms with E-state index in [9.17, 15) is 4.79 Å². The van der Waals surface area contributed by atoms with Crippen LogP contribution >= 0.6 is 11.3 Å². The van der Waals surface area contributed by atoms with Crippen molar-refractivity contribution in [1.29, 1.82) is 0 Å². The Morgan fingerprint density at radius 2 is 2.33 bits per heavy atom. The number of nitrogens with zero attached hydrogens (tertiary/aromatic N) is 4. The average molecular weight is 345 g/mol. The fraction of sp³-hybridized carbons (Fsp3) is 0.529. The number of nitrogens with one attached hydrogen (secondary N) is 1. The summed E-state index contributed by atoms with van der Waals surface area (Å²) in [4.78, 5) is 28.5. The van der Waals surface area contributed by atoms with Gasteiger partial charge in [0.2, 0.25) is 0 Å². The van der Waals surface area contributed by atoms with Gasteiger partial charge < -0.3 is 5.32 Å². The number of carbonyl (C=O) groups excluding carboxylic acids is 1. The molecule has 1 aliphatic rings. The van der Waals surface area contributed by atoms with E-state index in [1.807, 2.05) is 24.7 Å². The van der Waals surface area contributed by atoms with Crippen molar-refractivity contribution >= 4 is 17.2 Å². The zero-order valence-electron chi connectivity index (χ0n) is 14.2. The van der Waals surface area contributed by atoms with Crippen LogP contribution in [-0.4, -0.2) is 45.9 Å². The molecular weight excluding hydrogens is 322 g/mol. The largest absolute Gasteiger partial charge is 0.354 e. The fourth-order valence-corrected chi connectivity index (χ4v) is 3.91. The Morgan fingerprint density at radius 3 is 3.08 bits per heavy atom. The normalized spacial score (nSPS) is 18.5. The van der Waals surface area contributed by atoms with Gasteiger partial charge in [0.05, 0.1) is 5.51 Å². The molecule has 1 N–H and O–H groups in total. The smallest absolute Gasteiger partial charge is 0.269 e. The van der Waals surface area contributed by atoms with E-state index < -0.39 is 0 Å². The van der Waals surface area contributed by atoms with E-state index >= 15 is 0 Å². The molecule has 1 atom stereocenters. The highest BCUT2D eigenvalue weighted by molar-refractivity contribution is 7.09. The Balaban J connectivity index is 1.64. The molecule has 0 spiro atoms. The summed E-state index contributed by atoms with van der Waals surface area (Å²) in [6.45, 7) is 5.03. The van der Waals surface area contributed by atoms with Gasteiger partial charge in [-0.05, 0) is 44.7 Å². The van der Waals surface area contributed by atoms with Gasteiger partial charge in [0.15, 0.2) is 0 Å². The van der Waals surface area contributed by atoms with Gasteiger partial charge >= 0.3 is 0 Å². The molecule has 1 unspecified atom stereocenters. The van der Waals surface area contributed by atoms with E-state index in [4.69, 9.17) is 0 Å². The second-order valence-corrected chi connectivity index (χ2v) is 7.26. The van der Waals surface area contributed by atoms with E-state index in [2.05, 4.69) is 25.2 Å². The van der Waals surface area contributed by atoms with Crippen LogP contribution in [0.4, 0.5) is 0 Å². The minimum absolute atomic E-state index is 0.155. The first-order chi connectivity index (χ1) is 11.6. The van der Waals surface area contributed by atoms with Crippen LogP contribution in [0.2, 0.25) is 0 Å². The predicted octanol–water partition coefficient (Wildman–Crippen LogP) is 2.06. The molecule has 1 amide bonds. The molecule has 0 aromatic carbocycles. The van der Waals surface area contributed by atoms with Crippen molar-refractivity contribution in [1.82, 2.24) is 25.2 Å². The van der Waals surface area contributed by atoms with Gasteiger partial charge in [-0.2, -0.15) is 0 Å². The SMILES string of the molecule is CNC(=O)c1cc(CC2CCCN(Cc3cncs3)C2)nc(C)n1. The van der Waals surface area contributed by atoms with Gasteiger partial charge in [0.1, 0.15) is 11.5 Å². The number of aryl methyl sites for hydroxylation is 1. The number of hydrogen-bond donors (Lipinski definition) is 1. The van der Waals surface area contributed by atoms with Crippen LogP contribution in [0, 0.1) is 12.8 Å². The standard InChI is InChI=1S/C17H23N5OS/c1-12-20-14(7-16(21-12)17(23)18-2)6-13-4-3-5-22(9-13)10-15-8-19-11-24-15/h7-8,11,13H,3-6,9-10H2,1-2H3,(H,18,23). The molecule has 0 aliphatic carbocycles. The Labute approximate surface area is 146 Å². The van der Waals surface area contributed by atoms with Crippen molar-refractivity contribution in [3.05, 3.63) is 39.9 Å². The van der Waals surface area contributed by atoms with Gasteiger partial charge in [-0.1, -0.05) is 0 Å². The van der Waals surface area contributed by atoms with E-state index in [-0.39, 0.29) is 5.91 Å². The first-order valence-electron chi connectivity index (χ1n) is 8.30. The summed E-state index contributed by atoms with van der Waals surface area (Å²) in [6.07, 6.45) is 5.26. The lowest BCUT2D eigenvalue weighted by atomic mass is 9.93. The van der Waals surface area contributed by atoms with Gasteiger partial charge in [-0.3, -0.25) is 14.7 Å². The van der Waals surface area contributed by atoms with Crippen LogP contribution in [0.25, 0.3) is 0 Å². The van der Waals surface area contributed by atoms with Crippen molar-refractivity contribution in [2.75, 3.05) is 20.1 Å². The fourth-order valence-electron chi connectivity index (χ4n) is 3.28. The summed E-state index contributed by atoms with van der Waals surface area (Å²) in [5.41, 5.74) is 3.31. The highest BCUT2D eigenvalue weighted by Gasteiger charge is 2.22. The van der Waals surface area contributed by atoms with E-state index in [0.29, 0.717) is 17.4 Å². The average Bonchev–Trinajstić information content (AvgIpc) is 3.07. The minimum atomic E-state index is -0.155. The van der Waals surface area contributed by atoms with Crippen LogP contribution in [0.15, 0.2) is 17.8 Å². The van der Waals surface area contributed by atoms with Crippen LogP contribution in [0.1, 0.15) is 39.7 Å². The zero-order valence-corrected chi connectivity index (χ0v) is 15.0. The third kappa shape index (κ3) is 4.36. The lowest BCUT2D eigenvalue weighted by molar-refractivity contribution is 0.0957. The molecule has 3 heterocycles. The summed E-state index contributed by atoms with van der Waals surface area (Å²) < 4.78 is 0. The summed E-state index contributed by atoms with van der Waals surface area (Å²) in [6, 6.07) is 1.83. The predicted molar refractivity (Wildman–Crippen MR) is 94.0 cm³/mol. The van der Waals surface area contributed by atoms with Gasteiger partial charge in [-0.15, -0.1) is 11.3 Å². The maximum absolute atomic E-state index is 11.8. The second kappa shape index (κ2) is 7.81. The van der Waals surface area contributed by atoms with E-state index in [1.165, 1.54) is 17.7 Å². The van der Waals surface area contributed by atoms with Crippen molar-refractivity contribution in [3.63, 3.8) is 0 Å². The lowest BCUT2D eigenvalue weighted by Gasteiger charge is -2.32. The molecular formula is C17H23N5OS. The molecule has 0 bridgehead atoms. The third-order valence-electron chi connectivity index (χ3n) is 4.31. The number of rotatable bonds is 5. The molecule has 2 aromatic rings. The second-order valence-electron chi connectivity index (χ2n) is 6.29. The van der Waals surface area contributed by atoms with Gasteiger partial charge in [-0.25, -0.2) is 9.97 Å². The van der Waals surface area contributed by atoms with Crippen molar-refractivity contribution in [2.24, 2.45) is 5.92 Å². The number of aromatic nitrogens is 3. The molecule has 1 fully saturated rings. The maximum atomic E-state index is 11.8. The number of piperidine rings is 1. The molecule has 6 nitrogen and oxygen atoms in total. The van der Waals surface area contributed by atoms with Crippen molar-refractivity contribution in [2.45, 2.75) is 32.7 Å². The van der Waals surface area contributed by atoms with Crippen LogP contribution in [-0.2, 0) is 13.0 Å². The Morgan fingerprint density at radius 1 is 1.46 bits per heavy atom. The highest BCUT2D eigenvalue weighted by atomic mass is 32.1. The number of amides is 1. The van der Waals surface area contributed by atoms with E-state index in [1.54, 1.807) is 18.4 Å². The first-order valence-corrected chi connectivity index (χ1v) is 9.18. The molecule has 2 aromatic heterocycles. The van der Waals surface area contributed by atoms with Crippen molar-refractivity contribution < 1.29 is 4.79 Å². The van der Waals surface area contributed by atoms with E-state index in [0.717, 1.165) is 31.7 Å². The molecule has 3 rings (SSSR count). The Bertz CT molecular complexity index is 688. The summed E-state index contributed by atoms with van der Waals surface area (Å²) in [5.74, 6) is 1.07. The summed E-state index contributed by atoms with van der Waals surface area (Å²) in [5, 5.41) is 2.63. The zero-order chi connectivity index (χ0) is 16.9. The number of likely N-dealkylation sites (tertiary alicyclic amines) is 1.